The van der Waals surface area contributed by atoms with Gasteiger partial charge in [0.15, 0.2) is 0 Å². The first-order chi connectivity index (χ1) is 11.4. The number of carbonyl (C=O) groups excluding carboxylic acids is 2. The lowest BCUT2D eigenvalue weighted by atomic mass is 10.2. The number of benzene rings is 2. The second-order valence-corrected chi connectivity index (χ2v) is 5.37. The fourth-order valence-corrected chi connectivity index (χ4v) is 2.16. The third-order valence-electron chi connectivity index (χ3n) is 3.31. The van der Waals surface area contributed by atoms with Gasteiger partial charge in [-0.1, -0.05) is 17.7 Å². The third kappa shape index (κ3) is 4.17. The van der Waals surface area contributed by atoms with Crippen LogP contribution in [-0.4, -0.2) is 26.0 Å². The molecule has 0 atom stereocenters. The summed E-state index contributed by atoms with van der Waals surface area (Å²) in [5.41, 5.74) is 1.63. The van der Waals surface area contributed by atoms with E-state index in [1.807, 2.05) is 0 Å². The lowest BCUT2D eigenvalue weighted by Crippen LogP contribution is -2.29. The van der Waals surface area contributed by atoms with E-state index < -0.39 is 11.8 Å². The Morgan fingerprint density at radius 3 is 2.21 bits per heavy atom. The van der Waals surface area contributed by atoms with E-state index in [4.69, 9.17) is 21.1 Å². The van der Waals surface area contributed by atoms with Crippen molar-refractivity contribution in [3.8, 4) is 11.5 Å². The summed E-state index contributed by atoms with van der Waals surface area (Å²) in [6.45, 7) is 1.80. The molecule has 0 spiro atoms. The predicted octanol–water partition coefficient (Wildman–Crippen LogP) is 3.24. The monoisotopic (exact) mass is 348 g/mol. The number of anilines is 2. The molecule has 7 heteroatoms. The molecule has 2 aromatic carbocycles. The van der Waals surface area contributed by atoms with Crippen LogP contribution in [0, 0.1) is 6.92 Å². The van der Waals surface area contributed by atoms with E-state index in [0.717, 1.165) is 5.56 Å². The standard InChI is InChI=1S/C17H17ClN2O4/c1-10-4-5-11(18)8-14(10)20-17(22)16(21)19-13-7-6-12(23-2)9-15(13)24-3/h4-9H,1-3H3,(H,19,21)(H,20,22). The average molecular weight is 349 g/mol. The molecule has 2 amide bonds. The number of methoxy groups -OCH3 is 2. The predicted molar refractivity (Wildman–Crippen MR) is 93.0 cm³/mol. The van der Waals surface area contributed by atoms with Crippen LogP contribution < -0.4 is 20.1 Å². The van der Waals surface area contributed by atoms with Gasteiger partial charge in [-0.15, -0.1) is 0 Å². The van der Waals surface area contributed by atoms with E-state index in [1.165, 1.54) is 14.2 Å². The molecule has 2 N–H and O–H groups in total. The molecule has 126 valence electrons. The smallest absolute Gasteiger partial charge is 0.314 e. The topological polar surface area (TPSA) is 76.7 Å². The molecule has 6 nitrogen and oxygen atoms in total. The van der Waals surface area contributed by atoms with Crippen LogP contribution in [0.15, 0.2) is 36.4 Å². The number of carbonyl (C=O) groups is 2. The quantitative estimate of drug-likeness (QED) is 0.831. The van der Waals surface area contributed by atoms with Gasteiger partial charge in [0.05, 0.1) is 19.9 Å². The van der Waals surface area contributed by atoms with Crippen LogP contribution in [0.2, 0.25) is 5.02 Å². The van der Waals surface area contributed by atoms with Crippen LogP contribution in [0.5, 0.6) is 11.5 Å². The Bertz CT molecular complexity index is 777. The first kappa shape index (κ1) is 17.6. The molecule has 0 unspecified atom stereocenters. The molecule has 0 fully saturated rings. The van der Waals surface area contributed by atoms with Crippen molar-refractivity contribution in [1.82, 2.24) is 0 Å². The van der Waals surface area contributed by atoms with Crippen molar-refractivity contribution in [3.05, 3.63) is 47.0 Å². The molecule has 0 aliphatic heterocycles. The number of hydrogen-bond acceptors (Lipinski definition) is 4. The highest BCUT2D eigenvalue weighted by Crippen LogP contribution is 2.29. The fraction of sp³-hybridized carbons (Fsp3) is 0.176. The summed E-state index contributed by atoms with van der Waals surface area (Å²) >= 11 is 5.90. The minimum Gasteiger partial charge on any atom is -0.497 e. The summed E-state index contributed by atoms with van der Waals surface area (Å²) < 4.78 is 10.3. The van der Waals surface area contributed by atoms with Crippen molar-refractivity contribution >= 4 is 34.8 Å². The Morgan fingerprint density at radius 1 is 0.917 bits per heavy atom. The van der Waals surface area contributed by atoms with E-state index >= 15 is 0 Å². The Hall–Kier alpha value is -2.73. The third-order valence-corrected chi connectivity index (χ3v) is 3.55. The van der Waals surface area contributed by atoms with E-state index in [-0.39, 0.29) is 0 Å². The van der Waals surface area contributed by atoms with Crippen molar-refractivity contribution < 1.29 is 19.1 Å². The molecule has 0 radical (unpaired) electrons. The van der Waals surface area contributed by atoms with Gasteiger partial charge in [-0.25, -0.2) is 0 Å². The van der Waals surface area contributed by atoms with Gasteiger partial charge in [0.1, 0.15) is 11.5 Å². The van der Waals surface area contributed by atoms with Crippen molar-refractivity contribution in [1.29, 1.82) is 0 Å². The second kappa shape index (κ2) is 7.70. The van der Waals surface area contributed by atoms with E-state index in [2.05, 4.69) is 10.6 Å². The highest BCUT2D eigenvalue weighted by Gasteiger charge is 2.17. The first-order valence-electron chi connectivity index (χ1n) is 7.05. The van der Waals surface area contributed by atoms with Gasteiger partial charge in [-0.3, -0.25) is 9.59 Å². The molecule has 0 saturated carbocycles. The van der Waals surface area contributed by atoms with Crippen LogP contribution in [0.25, 0.3) is 0 Å². The second-order valence-electron chi connectivity index (χ2n) is 4.93. The average Bonchev–Trinajstić information content (AvgIpc) is 2.58. The van der Waals surface area contributed by atoms with E-state index in [0.29, 0.717) is 27.9 Å². The zero-order valence-electron chi connectivity index (χ0n) is 13.5. The molecule has 0 aromatic heterocycles. The maximum Gasteiger partial charge on any atom is 0.314 e. The maximum atomic E-state index is 12.1. The first-order valence-corrected chi connectivity index (χ1v) is 7.43. The van der Waals surface area contributed by atoms with Crippen LogP contribution in [0.4, 0.5) is 11.4 Å². The largest absolute Gasteiger partial charge is 0.497 e. The number of amides is 2. The molecule has 2 aromatic rings. The van der Waals surface area contributed by atoms with Crippen molar-refractivity contribution in [3.63, 3.8) is 0 Å². The number of hydrogen-bond donors (Lipinski definition) is 2. The van der Waals surface area contributed by atoms with Gasteiger partial charge in [0.25, 0.3) is 0 Å². The van der Waals surface area contributed by atoms with Crippen LogP contribution in [-0.2, 0) is 9.59 Å². The molecule has 24 heavy (non-hydrogen) atoms. The zero-order valence-corrected chi connectivity index (χ0v) is 14.2. The molecule has 0 saturated heterocycles. The number of rotatable bonds is 4. The normalized spacial score (nSPS) is 10.0. The summed E-state index contributed by atoms with van der Waals surface area (Å²) in [5, 5.41) is 5.50. The lowest BCUT2D eigenvalue weighted by molar-refractivity contribution is -0.133. The minimum absolute atomic E-state index is 0.362. The highest BCUT2D eigenvalue weighted by atomic mass is 35.5. The molecule has 0 heterocycles. The molecule has 0 aliphatic carbocycles. The van der Waals surface area contributed by atoms with Gasteiger partial charge < -0.3 is 20.1 Å². The number of ether oxygens (including phenoxy) is 2. The van der Waals surface area contributed by atoms with Crippen LogP contribution >= 0.6 is 11.6 Å². The minimum atomic E-state index is -0.821. The Balaban J connectivity index is 2.12. The van der Waals surface area contributed by atoms with Gasteiger partial charge >= 0.3 is 11.8 Å². The molecule has 0 aliphatic rings. The van der Waals surface area contributed by atoms with Crippen LogP contribution in [0.1, 0.15) is 5.56 Å². The summed E-state index contributed by atoms with van der Waals surface area (Å²) in [6.07, 6.45) is 0. The lowest BCUT2D eigenvalue weighted by Gasteiger charge is -2.12. The number of nitrogens with one attached hydrogen (secondary N) is 2. The number of halogens is 1. The number of aryl methyl sites for hydroxylation is 1. The summed E-state index contributed by atoms with van der Waals surface area (Å²) in [6, 6.07) is 9.88. The van der Waals surface area contributed by atoms with E-state index in [1.54, 1.807) is 43.3 Å². The van der Waals surface area contributed by atoms with E-state index in [9.17, 15) is 9.59 Å². The Morgan fingerprint density at radius 2 is 1.58 bits per heavy atom. The van der Waals surface area contributed by atoms with Gasteiger partial charge in [-0.2, -0.15) is 0 Å². The van der Waals surface area contributed by atoms with Crippen molar-refractivity contribution in [2.75, 3.05) is 24.9 Å². The maximum absolute atomic E-state index is 12.1. The van der Waals surface area contributed by atoms with Gasteiger partial charge in [0, 0.05) is 16.8 Å². The Kier molecular flexibility index (Phi) is 5.65. The Labute approximate surface area is 144 Å². The molecular weight excluding hydrogens is 332 g/mol. The highest BCUT2D eigenvalue weighted by molar-refractivity contribution is 6.44. The SMILES string of the molecule is COc1ccc(NC(=O)C(=O)Nc2cc(Cl)ccc2C)c(OC)c1. The molecular formula is C17H17ClN2O4. The summed E-state index contributed by atoms with van der Waals surface area (Å²) in [4.78, 5) is 24.2. The van der Waals surface area contributed by atoms with Crippen molar-refractivity contribution in [2.24, 2.45) is 0 Å². The molecule has 2 rings (SSSR count). The fourth-order valence-electron chi connectivity index (χ4n) is 1.99. The van der Waals surface area contributed by atoms with Gasteiger partial charge in [0.2, 0.25) is 0 Å². The van der Waals surface area contributed by atoms with Crippen LogP contribution in [0.3, 0.4) is 0 Å². The summed E-state index contributed by atoms with van der Waals surface area (Å²) in [7, 11) is 2.98. The molecule has 0 bridgehead atoms. The van der Waals surface area contributed by atoms with Crippen molar-refractivity contribution in [2.45, 2.75) is 6.92 Å². The van der Waals surface area contributed by atoms with Gasteiger partial charge in [-0.05, 0) is 36.8 Å². The zero-order chi connectivity index (χ0) is 17.7. The summed E-state index contributed by atoms with van der Waals surface area (Å²) in [5.74, 6) is -0.672.